The summed E-state index contributed by atoms with van der Waals surface area (Å²) in [6.45, 7) is 7.71. The molecular weight excluding hydrogens is 226 g/mol. The number of nitrogens with two attached hydrogens (primary N) is 1. The van der Waals surface area contributed by atoms with Crippen LogP contribution >= 0.6 is 0 Å². The topological polar surface area (TPSA) is 44.5 Å². The molecule has 0 fully saturated rings. The molecule has 1 aromatic carbocycles. The summed E-state index contributed by atoms with van der Waals surface area (Å²) in [6, 6.07) is 8.29. The third-order valence-electron chi connectivity index (χ3n) is 2.61. The zero-order chi connectivity index (χ0) is 13.2. The maximum atomic E-state index is 5.62. The summed E-state index contributed by atoms with van der Waals surface area (Å²) < 4.78 is 11.1. The number of benzene rings is 1. The minimum absolute atomic E-state index is 0.579. The maximum absolute atomic E-state index is 5.62. The van der Waals surface area contributed by atoms with E-state index in [2.05, 4.69) is 26.0 Å². The fourth-order valence-corrected chi connectivity index (χ4v) is 1.72. The molecular formula is C15H25NO2. The first-order valence-electron chi connectivity index (χ1n) is 6.66. The third kappa shape index (κ3) is 6.15. The van der Waals surface area contributed by atoms with Crippen LogP contribution in [0.1, 0.15) is 25.0 Å². The van der Waals surface area contributed by atoms with Gasteiger partial charge in [0, 0.05) is 6.61 Å². The predicted octanol–water partition coefficient (Wildman–Crippen LogP) is 2.38. The Labute approximate surface area is 110 Å². The smallest absolute Gasteiger partial charge is 0.0720 e. The number of rotatable bonds is 9. The van der Waals surface area contributed by atoms with Gasteiger partial charge in [0.1, 0.15) is 0 Å². The van der Waals surface area contributed by atoms with Crippen molar-refractivity contribution < 1.29 is 9.47 Å². The Hall–Kier alpha value is -0.900. The molecule has 0 atom stereocenters. The van der Waals surface area contributed by atoms with Crippen molar-refractivity contribution in [3.8, 4) is 0 Å². The molecule has 1 rings (SSSR count). The minimum atomic E-state index is 0.579. The van der Waals surface area contributed by atoms with E-state index in [0.717, 1.165) is 13.0 Å². The summed E-state index contributed by atoms with van der Waals surface area (Å²) >= 11 is 0. The van der Waals surface area contributed by atoms with Gasteiger partial charge in [-0.3, -0.25) is 0 Å². The lowest BCUT2D eigenvalue weighted by molar-refractivity contribution is 0.0313. The summed E-state index contributed by atoms with van der Waals surface area (Å²) in [7, 11) is 0. The largest absolute Gasteiger partial charge is 0.379 e. The second kappa shape index (κ2) is 9.09. The van der Waals surface area contributed by atoms with E-state index in [1.807, 2.05) is 12.1 Å². The highest BCUT2D eigenvalue weighted by Gasteiger charge is 2.01. The molecule has 18 heavy (non-hydrogen) atoms. The molecule has 0 saturated heterocycles. The molecule has 0 heterocycles. The molecule has 0 aliphatic rings. The number of ether oxygens (including phenoxy) is 2. The summed E-state index contributed by atoms with van der Waals surface area (Å²) in [6.07, 6.45) is 0.906. The van der Waals surface area contributed by atoms with Gasteiger partial charge in [-0.15, -0.1) is 0 Å². The average molecular weight is 251 g/mol. The molecule has 1 aromatic rings. The van der Waals surface area contributed by atoms with Gasteiger partial charge in [-0.2, -0.15) is 0 Å². The van der Waals surface area contributed by atoms with Crippen LogP contribution in [0.15, 0.2) is 24.3 Å². The van der Waals surface area contributed by atoms with Crippen molar-refractivity contribution in [1.29, 1.82) is 0 Å². The van der Waals surface area contributed by atoms with Crippen LogP contribution in [0.4, 0.5) is 0 Å². The molecule has 0 unspecified atom stereocenters. The molecule has 0 saturated carbocycles. The van der Waals surface area contributed by atoms with E-state index >= 15 is 0 Å². The van der Waals surface area contributed by atoms with Crippen molar-refractivity contribution in [3.05, 3.63) is 35.4 Å². The second-order valence-electron chi connectivity index (χ2n) is 4.83. The van der Waals surface area contributed by atoms with Gasteiger partial charge in [-0.05, 0) is 30.0 Å². The minimum Gasteiger partial charge on any atom is -0.379 e. The second-order valence-corrected chi connectivity index (χ2v) is 4.83. The van der Waals surface area contributed by atoms with Crippen LogP contribution in [-0.4, -0.2) is 26.4 Å². The van der Waals surface area contributed by atoms with Gasteiger partial charge >= 0.3 is 0 Å². The van der Waals surface area contributed by atoms with E-state index in [0.29, 0.717) is 32.3 Å². The molecule has 0 aromatic heterocycles. The SMILES string of the molecule is CC(C)COCCOCc1ccccc1CCN. The maximum Gasteiger partial charge on any atom is 0.0720 e. The Morgan fingerprint density at radius 1 is 1.06 bits per heavy atom. The highest BCUT2D eigenvalue weighted by atomic mass is 16.5. The normalized spacial score (nSPS) is 11.1. The highest BCUT2D eigenvalue weighted by molar-refractivity contribution is 5.26. The van der Waals surface area contributed by atoms with E-state index in [1.54, 1.807) is 0 Å². The van der Waals surface area contributed by atoms with Crippen LogP contribution in [0.2, 0.25) is 0 Å². The van der Waals surface area contributed by atoms with Gasteiger partial charge in [0.25, 0.3) is 0 Å². The molecule has 0 spiro atoms. The van der Waals surface area contributed by atoms with Crippen LogP contribution < -0.4 is 5.73 Å². The first-order valence-corrected chi connectivity index (χ1v) is 6.66. The van der Waals surface area contributed by atoms with Gasteiger partial charge in [-0.1, -0.05) is 38.1 Å². The summed E-state index contributed by atoms with van der Waals surface area (Å²) in [5, 5.41) is 0. The standard InChI is InChI=1S/C15H25NO2/c1-13(2)11-17-9-10-18-12-15-6-4-3-5-14(15)7-8-16/h3-6,13H,7-12,16H2,1-2H3. The van der Waals surface area contributed by atoms with Crippen LogP contribution in [0.3, 0.4) is 0 Å². The van der Waals surface area contributed by atoms with Crippen molar-refractivity contribution in [2.24, 2.45) is 11.7 Å². The lowest BCUT2D eigenvalue weighted by atomic mass is 10.1. The molecule has 3 nitrogen and oxygen atoms in total. The Morgan fingerprint density at radius 2 is 1.72 bits per heavy atom. The fourth-order valence-electron chi connectivity index (χ4n) is 1.72. The monoisotopic (exact) mass is 251 g/mol. The van der Waals surface area contributed by atoms with Crippen molar-refractivity contribution >= 4 is 0 Å². The van der Waals surface area contributed by atoms with Crippen LogP contribution in [-0.2, 0) is 22.5 Å². The quantitative estimate of drug-likeness (QED) is 0.685. The van der Waals surface area contributed by atoms with Gasteiger partial charge in [0.15, 0.2) is 0 Å². The zero-order valence-electron chi connectivity index (χ0n) is 11.5. The molecule has 0 aliphatic heterocycles. The molecule has 102 valence electrons. The van der Waals surface area contributed by atoms with E-state index in [9.17, 15) is 0 Å². The average Bonchev–Trinajstić information content (AvgIpc) is 2.35. The van der Waals surface area contributed by atoms with Crippen LogP contribution in [0, 0.1) is 5.92 Å². The molecule has 0 aliphatic carbocycles. The lowest BCUT2D eigenvalue weighted by Crippen LogP contribution is -2.10. The first kappa shape index (κ1) is 15.2. The van der Waals surface area contributed by atoms with Crippen molar-refractivity contribution in [1.82, 2.24) is 0 Å². The van der Waals surface area contributed by atoms with Crippen LogP contribution in [0.25, 0.3) is 0 Å². The van der Waals surface area contributed by atoms with Gasteiger partial charge in [0.05, 0.1) is 19.8 Å². The molecule has 2 N–H and O–H groups in total. The third-order valence-corrected chi connectivity index (χ3v) is 2.61. The first-order chi connectivity index (χ1) is 8.74. The molecule has 0 bridgehead atoms. The van der Waals surface area contributed by atoms with Crippen molar-refractivity contribution in [3.63, 3.8) is 0 Å². The van der Waals surface area contributed by atoms with Gasteiger partial charge in [-0.25, -0.2) is 0 Å². The highest BCUT2D eigenvalue weighted by Crippen LogP contribution is 2.10. The van der Waals surface area contributed by atoms with Crippen molar-refractivity contribution in [2.75, 3.05) is 26.4 Å². The van der Waals surface area contributed by atoms with Gasteiger partial charge < -0.3 is 15.2 Å². The molecule has 3 heteroatoms. The summed E-state index contributed by atoms with van der Waals surface area (Å²) in [5.41, 5.74) is 8.10. The van der Waals surface area contributed by atoms with Crippen molar-refractivity contribution in [2.45, 2.75) is 26.9 Å². The Morgan fingerprint density at radius 3 is 2.39 bits per heavy atom. The predicted molar refractivity (Wildman–Crippen MR) is 74.5 cm³/mol. The van der Waals surface area contributed by atoms with E-state index in [1.165, 1.54) is 11.1 Å². The Bertz CT molecular complexity index is 326. The summed E-state index contributed by atoms with van der Waals surface area (Å²) in [4.78, 5) is 0. The Balaban J connectivity index is 2.22. The Kier molecular flexibility index (Phi) is 7.65. The van der Waals surface area contributed by atoms with E-state index < -0.39 is 0 Å². The van der Waals surface area contributed by atoms with Crippen LogP contribution in [0.5, 0.6) is 0 Å². The number of hydrogen-bond donors (Lipinski definition) is 1. The fraction of sp³-hybridized carbons (Fsp3) is 0.600. The lowest BCUT2D eigenvalue weighted by Gasteiger charge is -2.10. The number of hydrogen-bond acceptors (Lipinski definition) is 3. The zero-order valence-corrected chi connectivity index (χ0v) is 11.5. The van der Waals surface area contributed by atoms with Gasteiger partial charge in [0.2, 0.25) is 0 Å². The molecule has 0 radical (unpaired) electrons. The van der Waals surface area contributed by atoms with E-state index in [4.69, 9.17) is 15.2 Å². The molecule has 0 amide bonds. The summed E-state index contributed by atoms with van der Waals surface area (Å²) in [5.74, 6) is 0.579. The van der Waals surface area contributed by atoms with E-state index in [-0.39, 0.29) is 0 Å².